The van der Waals surface area contributed by atoms with Gasteiger partial charge in [0, 0.05) is 12.6 Å². The standard InChI is InChI=1S/C17H27N3O.HI/c1-2-18-17(20-16-10-6-7-11-16)19-12-13-21-14-15-8-4-3-5-9-15;/h3-5,8-9,16H,2,6-7,10-14H2,1H3,(H2,18,19,20);1H. The van der Waals surface area contributed by atoms with Crippen molar-refractivity contribution < 1.29 is 4.74 Å². The Bertz CT molecular complexity index is 419. The number of aliphatic imine (C=N–C) groups is 1. The number of nitrogens with one attached hydrogen (secondary N) is 2. The van der Waals surface area contributed by atoms with Gasteiger partial charge in [0.1, 0.15) is 0 Å². The zero-order chi connectivity index (χ0) is 14.8. The normalized spacial score (nSPS) is 15.4. The molecule has 0 heterocycles. The minimum absolute atomic E-state index is 0. The van der Waals surface area contributed by atoms with Crippen LogP contribution in [0.3, 0.4) is 0 Å². The molecule has 4 nitrogen and oxygen atoms in total. The number of halogens is 1. The van der Waals surface area contributed by atoms with Crippen LogP contribution < -0.4 is 10.6 Å². The van der Waals surface area contributed by atoms with E-state index in [4.69, 9.17) is 4.74 Å². The van der Waals surface area contributed by atoms with E-state index in [9.17, 15) is 0 Å². The predicted molar refractivity (Wildman–Crippen MR) is 103 cm³/mol. The Kier molecular flexibility index (Phi) is 10.2. The maximum absolute atomic E-state index is 5.66. The van der Waals surface area contributed by atoms with Gasteiger partial charge in [0.2, 0.25) is 0 Å². The van der Waals surface area contributed by atoms with Crippen molar-refractivity contribution in [2.75, 3.05) is 19.7 Å². The summed E-state index contributed by atoms with van der Waals surface area (Å²) in [6.45, 7) is 4.98. The molecule has 2 N–H and O–H groups in total. The second kappa shape index (κ2) is 11.7. The molecule has 0 aromatic heterocycles. The summed E-state index contributed by atoms with van der Waals surface area (Å²) in [7, 11) is 0. The predicted octanol–water partition coefficient (Wildman–Crippen LogP) is 3.32. The molecular weight excluding hydrogens is 389 g/mol. The molecule has 0 saturated heterocycles. The lowest BCUT2D eigenvalue weighted by Crippen LogP contribution is -2.42. The molecule has 0 amide bonds. The van der Waals surface area contributed by atoms with Gasteiger partial charge in [-0.2, -0.15) is 0 Å². The van der Waals surface area contributed by atoms with Crippen LogP contribution >= 0.6 is 24.0 Å². The first-order chi connectivity index (χ1) is 10.4. The van der Waals surface area contributed by atoms with Crippen LogP contribution in [-0.4, -0.2) is 31.7 Å². The Balaban J connectivity index is 0.00000242. The van der Waals surface area contributed by atoms with Crippen molar-refractivity contribution in [1.29, 1.82) is 0 Å². The highest BCUT2D eigenvalue weighted by molar-refractivity contribution is 14.0. The van der Waals surface area contributed by atoms with Crippen LogP contribution in [0.1, 0.15) is 38.2 Å². The van der Waals surface area contributed by atoms with E-state index in [1.807, 2.05) is 18.2 Å². The van der Waals surface area contributed by atoms with Gasteiger partial charge in [0.25, 0.3) is 0 Å². The van der Waals surface area contributed by atoms with Gasteiger partial charge in [-0.05, 0) is 25.3 Å². The summed E-state index contributed by atoms with van der Waals surface area (Å²) in [6, 6.07) is 10.8. The van der Waals surface area contributed by atoms with E-state index in [0.29, 0.717) is 25.8 Å². The van der Waals surface area contributed by atoms with Crippen LogP contribution in [0.15, 0.2) is 35.3 Å². The second-order valence-corrected chi connectivity index (χ2v) is 5.42. The first-order valence-electron chi connectivity index (χ1n) is 8.05. The quantitative estimate of drug-likeness (QED) is 0.310. The summed E-state index contributed by atoms with van der Waals surface area (Å²) in [4.78, 5) is 4.58. The average Bonchev–Trinajstić information content (AvgIpc) is 3.01. The maximum Gasteiger partial charge on any atom is 0.191 e. The lowest BCUT2D eigenvalue weighted by atomic mass is 10.2. The van der Waals surface area contributed by atoms with E-state index in [-0.39, 0.29) is 24.0 Å². The van der Waals surface area contributed by atoms with Crippen LogP contribution in [0.4, 0.5) is 0 Å². The molecule has 124 valence electrons. The molecule has 1 saturated carbocycles. The summed E-state index contributed by atoms with van der Waals surface area (Å²) in [5.41, 5.74) is 1.21. The lowest BCUT2D eigenvalue weighted by Gasteiger charge is -2.16. The van der Waals surface area contributed by atoms with Crippen molar-refractivity contribution in [2.45, 2.75) is 45.3 Å². The van der Waals surface area contributed by atoms with Gasteiger partial charge < -0.3 is 15.4 Å². The Labute approximate surface area is 151 Å². The van der Waals surface area contributed by atoms with Gasteiger partial charge in [-0.3, -0.25) is 4.99 Å². The monoisotopic (exact) mass is 417 g/mol. The third-order valence-corrected chi connectivity index (χ3v) is 3.66. The highest BCUT2D eigenvalue weighted by Gasteiger charge is 2.15. The minimum Gasteiger partial charge on any atom is -0.375 e. The summed E-state index contributed by atoms with van der Waals surface area (Å²) in [6.07, 6.45) is 5.18. The number of nitrogens with zero attached hydrogens (tertiary/aromatic N) is 1. The fourth-order valence-electron chi connectivity index (χ4n) is 2.57. The largest absolute Gasteiger partial charge is 0.375 e. The molecule has 22 heavy (non-hydrogen) atoms. The van der Waals surface area contributed by atoms with Gasteiger partial charge in [-0.15, -0.1) is 24.0 Å². The molecule has 1 aromatic rings. The third-order valence-electron chi connectivity index (χ3n) is 3.66. The molecule has 1 aromatic carbocycles. The number of rotatable bonds is 7. The van der Waals surface area contributed by atoms with Crippen LogP contribution in [-0.2, 0) is 11.3 Å². The molecule has 0 aliphatic heterocycles. The van der Waals surface area contributed by atoms with Gasteiger partial charge in [-0.25, -0.2) is 0 Å². The van der Waals surface area contributed by atoms with Gasteiger partial charge >= 0.3 is 0 Å². The van der Waals surface area contributed by atoms with E-state index >= 15 is 0 Å². The van der Waals surface area contributed by atoms with Crippen molar-refractivity contribution in [3.05, 3.63) is 35.9 Å². The first kappa shape index (κ1) is 19.2. The van der Waals surface area contributed by atoms with E-state index < -0.39 is 0 Å². The highest BCUT2D eigenvalue weighted by atomic mass is 127. The fourth-order valence-corrected chi connectivity index (χ4v) is 2.57. The van der Waals surface area contributed by atoms with E-state index in [2.05, 4.69) is 34.7 Å². The smallest absolute Gasteiger partial charge is 0.191 e. The molecule has 0 unspecified atom stereocenters. The number of benzene rings is 1. The van der Waals surface area contributed by atoms with E-state index in [0.717, 1.165) is 12.5 Å². The minimum atomic E-state index is 0. The molecule has 2 rings (SSSR count). The summed E-state index contributed by atoms with van der Waals surface area (Å²) in [5.74, 6) is 0.924. The SMILES string of the molecule is CCNC(=NCCOCc1ccccc1)NC1CCCC1.I. The highest BCUT2D eigenvalue weighted by Crippen LogP contribution is 2.17. The van der Waals surface area contributed by atoms with Crippen LogP contribution in [0.2, 0.25) is 0 Å². The Morgan fingerprint density at radius 3 is 2.64 bits per heavy atom. The first-order valence-corrected chi connectivity index (χ1v) is 8.05. The topological polar surface area (TPSA) is 45.7 Å². The second-order valence-electron chi connectivity index (χ2n) is 5.42. The molecular formula is C17H28IN3O. The number of ether oxygens (including phenoxy) is 1. The molecule has 0 bridgehead atoms. The fraction of sp³-hybridized carbons (Fsp3) is 0.588. The third kappa shape index (κ3) is 7.45. The van der Waals surface area contributed by atoms with Crippen molar-refractivity contribution in [3.8, 4) is 0 Å². The van der Waals surface area contributed by atoms with Crippen molar-refractivity contribution in [1.82, 2.24) is 10.6 Å². The van der Waals surface area contributed by atoms with Gasteiger partial charge in [-0.1, -0.05) is 43.2 Å². The van der Waals surface area contributed by atoms with Crippen molar-refractivity contribution in [2.24, 2.45) is 4.99 Å². The van der Waals surface area contributed by atoms with Crippen LogP contribution in [0.25, 0.3) is 0 Å². The van der Waals surface area contributed by atoms with E-state index in [1.54, 1.807) is 0 Å². The van der Waals surface area contributed by atoms with Gasteiger partial charge in [0.05, 0.1) is 19.8 Å². The number of hydrogen-bond acceptors (Lipinski definition) is 2. The van der Waals surface area contributed by atoms with Crippen LogP contribution in [0, 0.1) is 0 Å². The summed E-state index contributed by atoms with van der Waals surface area (Å²) >= 11 is 0. The zero-order valence-corrected chi connectivity index (χ0v) is 15.7. The summed E-state index contributed by atoms with van der Waals surface area (Å²) < 4.78 is 5.66. The zero-order valence-electron chi connectivity index (χ0n) is 13.4. The average molecular weight is 417 g/mol. The van der Waals surface area contributed by atoms with Crippen LogP contribution in [0.5, 0.6) is 0 Å². The Morgan fingerprint density at radius 1 is 1.23 bits per heavy atom. The van der Waals surface area contributed by atoms with E-state index in [1.165, 1.54) is 31.2 Å². The molecule has 0 radical (unpaired) electrons. The Morgan fingerprint density at radius 2 is 1.95 bits per heavy atom. The molecule has 0 atom stereocenters. The maximum atomic E-state index is 5.66. The molecule has 1 aliphatic rings. The molecule has 0 spiro atoms. The van der Waals surface area contributed by atoms with Crippen molar-refractivity contribution >= 4 is 29.9 Å². The summed E-state index contributed by atoms with van der Waals surface area (Å²) in [5, 5.41) is 6.81. The van der Waals surface area contributed by atoms with Crippen molar-refractivity contribution in [3.63, 3.8) is 0 Å². The van der Waals surface area contributed by atoms with Gasteiger partial charge in [0.15, 0.2) is 5.96 Å². The molecule has 5 heteroatoms. The Hall–Kier alpha value is -0.820. The molecule has 1 aliphatic carbocycles. The number of hydrogen-bond donors (Lipinski definition) is 2. The molecule has 1 fully saturated rings. The number of guanidine groups is 1. The lowest BCUT2D eigenvalue weighted by molar-refractivity contribution is 0.128.